The molecular weight excluding hydrogens is 478 g/mol. The number of aliphatic imine (C=N–C) groups is 1. The van der Waals surface area contributed by atoms with Gasteiger partial charge in [-0.15, -0.1) is 0 Å². The molecule has 0 spiro atoms. The average molecular weight is 504 g/mol. The van der Waals surface area contributed by atoms with Gasteiger partial charge in [0.15, 0.2) is 5.78 Å². The lowest BCUT2D eigenvalue weighted by atomic mass is 9.83. The summed E-state index contributed by atoms with van der Waals surface area (Å²) in [5, 5.41) is 9.66. The van der Waals surface area contributed by atoms with Crippen molar-refractivity contribution in [1.29, 1.82) is 0 Å². The molecule has 1 aliphatic rings. The van der Waals surface area contributed by atoms with Gasteiger partial charge in [-0.25, -0.2) is 4.79 Å². The van der Waals surface area contributed by atoms with Crippen LogP contribution in [-0.4, -0.2) is 41.8 Å². The minimum Gasteiger partial charge on any atom is -0.496 e. The van der Waals surface area contributed by atoms with E-state index in [1.165, 1.54) is 0 Å². The number of rotatable bonds is 9. The fraction of sp³-hybridized carbons (Fsp3) is 0.207. The van der Waals surface area contributed by atoms with Gasteiger partial charge >= 0.3 is 5.97 Å². The molecule has 0 aromatic heterocycles. The van der Waals surface area contributed by atoms with E-state index in [-0.39, 0.29) is 23.9 Å². The predicted octanol–water partition coefficient (Wildman–Crippen LogP) is 6.31. The number of hydrogen-bond donors (Lipinski definition) is 1. The van der Waals surface area contributed by atoms with Crippen LogP contribution in [0.1, 0.15) is 40.1 Å². The smallest absolute Gasteiger partial charge is 0.335 e. The molecule has 0 amide bonds. The number of aromatic carboxylic acids is 1. The van der Waals surface area contributed by atoms with E-state index >= 15 is 0 Å². The van der Waals surface area contributed by atoms with E-state index in [0.717, 1.165) is 16.7 Å². The predicted molar refractivity (Wildman–Crippen MR) is 141 cm³/mol. The van der Waals surface area contributed by atoms with E-state index in [2.05, 4.69) is 4.99 Å². The molecule has 4 rings (SSSR count). The molecule has 1 aliphatic heterocycles. The van der Waals surface area contributed by atoms with Crippen molar-refractivity contribution in [3.8, 4) is 22.6 Å². The van der Waals surface area contributed by atoms with Crippen molar-refractivity contribution in [2.45, 2.75) is 31.9 Å². The Morgan fingerprint density at radius 2 is 1.83 bits per heavy atom. The summed E-state index contributed by atoms with van der Waals surface area (Å²) in [6, 6.07) is 17.3. The highest BCUT2D eigenvalue weighted by atomic mass is 35.5. The Hall–Kier alpha value is -3.90. The lowest BCUT2D eigenvalue weighted by Crippen LogP contribution is -2.36. The number of carbonyl (C=O) groups excluding carboxylic acids is 1. The van der Waals surface area contributed by atoms with Crippen molar-refractivity contribution in [1.82, 2.24) is 0 Å². The summed E-state index contributed by atoms with van der Waals surface area (Å²) in [6.07, 6.45) is 5.33. The van der Waals surface area contributed by atoms with E-state index in [4.69, 9.17) is 21.1 Å². The molecule has 1 N–H and O–H groups in total. The summed E-state index contributed by atoms with van der Waals surface area (Å²) in [7, 11) is 1.57. The van der Waals surface area contributed by atoms with Crippen molar-refractivity contribution in [3.63, 3.8) is 0 Å². The summed E-state index contributed by atoms with van der Waals surface area (Å²) < 4.78 is 11.3. The first-order valence-electron chi connectivity index (χ1n) is 11.5. The quantitative estimate of drug-likeness (QED) is 0.346. The van der Waals surface area contributed by atoms with Crippen LogP contribution >= 0.6 is 11.6 Å². The second-order valence-electron chi connectivity index (χ2n) is 8.79. The molecule has 0 aliphatic carbocycles. The highest BCUT2D eigenvalue weighted by Gasteiger charge is 2.39. The number of carboxylic acids is 1. The first kappa shape index (κ1) is 25.2. The van der Waals surface area contributed by atoms with E-state index in [1.807, 2.05) is 38.1 Å². The molecule has 1 heterocycles. The molecule has 184 valence electrons. The molecule has 0 bridgehead atoms. The van der Waals surface area contributed by atoms with Gasteiger partial charge < -0.3 is 14.6 Å². The van der Waals surface area contributed by atoms with Crippen molar-refractivity contribution < 1.29 is 24.2 Å². The SMILES string of the molecule is COc1ccc(-c2cccc(C(=O)O)c2)cc1CC1(C(=O)c2ccc(OC(C)C)cc2Cl)C=CC=N1. The number of nitrogens with zero attached hydrogens (tertiary/aromatic N) is 1. The molecule has 3 aromatic carbocycles. The first-order valence-corrected chi connectivity index (χ1v) is 11.8. The Morgan fingerprint density at radius 1 is 1.06 bits per heavy atom. The zero-order chi connectivity index (χ0) is 25.9. The Morgan fingerprint density at radius 3 is 2.47 bits per heavy atom. The van der Waals surface area contributed by atoms with Crippen molar-refractivity contribution in [3.05, 3.63) is 94.5 Å². The van der Waals surface area contributed by atoms with Crippen LogP contribution in [0.4, 0.5) is 0 Å². The van der Waals surface area contributed by atoms with Crippen LogP contribution in [0, 0.1) is 0 Å². The zero-order valence-corrected chi connectivity index (χ0v) is 21.0. The van der Waals surface area contributed by atoms with E-state index in [0.29, 0.717) is 22.1 Å². The third-order valence-electron chi connectivity index (χ3n) is 5.90. The molecule has 36 heavy (non-hydrogen) atoms. The second-order valence-corrected chi connectivity index (χ2v) is 9.20. The largest absolute Gasteiger partial charge is 0.496 e. The molecule has 0 radical (unpaired) electrons. The van der Waals surface area contributed by atoms with Gasteiger partial charge in [0, 0.05) is 18.2 Å². The third kappa shape index (κ3) is 5.19. The number of methoxy groups -OCH3 is 1. The third-order valence-corrected chi connectivity index (χ3v) is 6.21. The Labute approximate surface area is 214 Å². The normalized spacial score (nSPS) is 16.4. The number of halogens is 1. The molecular formula is C29H26ClNO5. The molecule has 7 heteroatoms. The number of allylic oxidation sites excluding steroid dienone is 1. The number of ketones is 1. The van der Waals surface area contributed by atoms with Gasteiger partial charge in [-0.05, 0) is 85.2 Å². The number of carboxylic acid groups (broad SMARTS) is 1. The average Bonchev–Trinajstić information content (AvgIpc) is 3.33. The minimum atomic E-state index is -1.20. The molecule has 1 atom stereocenters. The summed E-state index contributed by atoms with van der Waals surface area (Å²) in [5.41, 5.74) is 1.65. The topological polar surface area (TPSA) is 85.2 Å². The van der Waals surface area contributed by atoms with Gasteiger partial charge in [0.25, 0.3) is 0 Å². The van der Waals surface area contributed by atoms with Gasteiger partial charge in [0.05, 0.1) is 23.8 Å². The number of benzene rings is 3. The number of carbonyl (C=O) groups is 2. The summed E-state index contributed by atoms with van der Waals surface area (Å²) in [5.74, 6) is -0.0530. The lowest BCUT2D eigenvalue weighted by molar-refractivity contribution is 0.0696. The lowest BCUT2D eigenvalue weighted by Gasteiger charge is -2.25. The van der Waals surface area contributed by atoms with Gasteiger partial charge in [-0.2, -0.15) is 0 Å². The second kappa shape index (κ2) is 10.4. The van der Waals surface area contributed by atoms with Gasteiger partial charge in [0.2, 0.25) is 0 Å². The Kier molecular flexibility index (Phi) is 7.27. The fourth-order valence-corrected chi connectivity index (χ4v) is 4.47. The van der Waals surface area contributed by atoms with E-state index in [9.17, 15) is 14.7 Å². The number of Topliss-reactive ketones (excluding diaryl/α,β-unsaturated/α-hetero) is 1. The molecule has 0 saturated carbocycles. The van der Waals surface area contributed by atoms with E-state index < -0.39 is 11.5 Å². The van der Waals surface area contributed by atoms with Gasteiger partial charge in [-0.3, -0.25) is 9.79 Å². The van der Waals surface area contributed by atoms with Crippen molar-refractivity contribution in [2.75, 3.05) is 7.11 Å². The number of ether oxygens (including phenoxy) is 2. The highest BCUT2D eigenvalue weighted by molar-refractivity contribution is 6.34. The first-order chi connectivity index (χ1) is 17.2. The molecule has 0 fully saturated rings. The molecule has 3 aromatic rings. The fourth-order valence-electron chi connectivity index (χ4n) is 4.22. The van der Waals surface area contributed by atoms with Gasteiger partial charge in [0.1, 0.15) is 17.0 Å². The maximum Gasteiger partial charge on any atom is 0.335 e. The standard InChI is InChI=1S/C29H26ClNO5/c1-18(2)36-23-9-10-24(25(30)16-23)27(32)29(12-5-13-31-29)17-22-15-20(8-11-26(22)35-3)19-6-4-7-21(14-19)28(33)34/h4-16,18H,17H2,1-3H3,(H,33,34). The summed E-state index contributed by atoms with van der Waals surface area (Å²) in [6.45, 7) is 3.83. The Bertz CT molecular complexity index is 1360. The van der Waals surface area contributed by atoms with Crippen LogP contribution < -0.4 is 9.47 Å². The molecule has 1 unspecified atom stereocenters. The van der Waals surface area contributed by atoms with Crippen molar-refractivity contribution in [2.24, 2.45) is 4.99 Å². The van der Waals surface area contributed by atoms with Crippen LogP contribution in [-0.2, 0) is 6.42 Å². The zero-order valence-electron chi connectivity index (χ0n) is 20.2. The monoisotopic (exact) mass is 503 g/mol. The maximum atomic E-state index is 13.8. The minimum absolute atomic E-state index is 0.0211. The number of hydrogen-bond acceptors (Lipinski definition) is 5. The van der Waals surface area contributed by atoms with E-state index in [1.54, 1.807) is 61.9 Å². The van der Waals surface area contributed by atoms with Crippen LogP contribution in [0.15, 0.2) is 77.8 Å². The van der Waals surface area contributed by atoms with Crippen LogP contribution in [0.5, 0.6) is 11.5 Å². The van der Waals surface area contributed by atoms with Crippen LogP contribution in [0.2, 0.25) is 5.02 Å². The Balaban J connectivity index is 1.71. The highest BCUT2D eigenvalue weighted by Crippen LogP contribution is 2.36. The molecule has 6 nitrogen and oxygen atoms in total. The summed E-state index contributed by atoms with van der Waals surface area (Å²) >= 11 is 6.51. The van der Waals surface area contributed by atoms with Crippen LogP contribution in [0.3, 0.4) is 0 Å². The van der Waals surface area contributed by atoms with Crippen LogP contribution in [0.25, 0.3) is 11.1 Å². The summed E-state index contributed by atoms with van der Waals surface area (Å²) in [4.78, 5) is 29.8. The van der Waals surface area contributed by atoms with Crippen molar-refractivity contribution >= 4 is 29.6 Å². The van der Waals surface area contributed by atoms with Gasteiger partial charge in [-0.1, -0.05) is 29.8 Å². The maximum absolute atomic E-state index is 13.8. The molecule has 0 saturated heterocycles.